The molecule has 1 amide bonds. The van der Waals surface area contributed by atoms with Crippen molar-refractivity contribution >= 4 is 52.3 Å². The van der Waals surface area contributed by atoms with Gasteiger partial charge in [-0.05, 0) is 42.7 Å². The first-order chi connectivity index (χ1) is 13.6. The van der Waals surface area contributed by atoms with Crippen LogP contribution in [0.25, 0.3) is 0 Å². The van der Waals surface area contributed by atoms with E-state index >= 15 is 0 Å². The van der Waals surface area contributed by atoms with E-state index in [9.17, 15) is 4.79 Å². The molecule has 5 nitrogen and oxygen atoms in total. The number of nitrogens with one attached hydrogen (secondary N) is 1. The van der Waals surface area contributed by atoms with Gasteiger partial charge in [0.2, 0.25) is 5.91 Å². The van der Waals surface area contributed by atoms with E-state index in [0.717, 1.165) is 23.3 Å². The Balaban J connectivity index is 1.67. The highest BCUT2D eigenvalue weighted by molar-refractivity contribution is 8.15. The van der Waals surface area contributed by atoms with Gasteiger partial charge >= 0.3 is 0 Å². The summed E-state index contributed by atoms with van der Waals surface area (Å²) < 4.78 is 5.69. The van der Waals surface area contributed by atoms with Gasteiger partial charge in [-0.15, -0.1) is 5.10 Å². The molecule has 0 saturated carbocycles. The summed E-state index contributed by atoms with van der Waals surface area (Å²) in [6.07, 6.45) is 2.96. The summed E-state index contributed by atoms with van der Waals surface area (Å²) in [5, 5.41) is 12.2. The van der Waals surface area contributed by atoms with Gasteiger partial charge in [-0.3, -0.25) is 4.79 Å². The van der Waals surface area contributed by atoms with Crippen LogP contribution in [0.15, 0.2) is 52.7 Å². The van der Waals surface area contributed by atoms with Gasteiger partial charge in [-0.25, -0.2) is 0 Å². The van der Waals surface area contributed by atoms with Gasteiger partial charge in [0.15, 0.2) is 5.17 Å². The molecule has 1 atom stereocenters. The summed E-state index contributed by atoms with van der Waals surface area (Å²) in [5.74, 6) is 0.615. The normalized spacial score (nSPS) is 18.0. The summed E-state index contributed by atoms with van der Waals surface area (Å²) in [6, 6.07) is 12.9. The average molecular weight is 436 g/mol. The van der Waals surface area contributed by atoms with Crippen LogP contribution in [0.5, 0.6) is 5.75 Å². The van der Waals surface area contributed by atoms with E-state index in [1.165, 1.54) is 11.8 Å². The van der Waals surface area contributed by atoms with Gasteiger partial charge in [-0.1, -0.05) is 60.1 Å². The molecule has 1 heterocycles. The third-order valence-electron chi connectivity index (χ3n) is 3.95. The first kappa shape index (κ1) is 20.7. The fraction of sp³-hybridized carbons (Fsp3) is 0.250. The lowest BCUT2D eigenvalue weighted by atomic mass is 10.1. The first-order valence-electron chi connectivity index (χ1n) is 8.81. The average Bonchev–Trinajstić information content (AvgIpc) is 3.03. The van der Waals surface area contributed by atoms with E-state index in [1.54, 1.807) is 24.4 Å². The Labute approximate surface area is 178 Å². The SMILES string of the molecule is CCCOc1ccccc1/C=N/N=C1/NC(=O)C(Cc2c(Cl)cccc2Cl)S1. The number of rotatable bonds is 7. The lowest BCUT2D eigenvalue weighted by molar-refractivity contribution is -0.118. The fourth-order valence-corrected chi connectivity index (χ4v) is 4.06. The zero-order chi connectivity index (χ0) is 19.9. The number of nitrogens with zero attached hydrogens (tertiary/aromatic N) is 2. The molecular weight excluding hydrogens is 417 g/mol. The van der Waals surface area contributed by atoms with Crippen molar-refractivity contribution in [1.29, 1.82) is 0 Å². The van der Waals surface area contributed by atoms with Crippen LogP contribution in [-0.2, 0) is 11.2 Å². The minimum absolute atomic E-state index is 0.137. The van der Waals surface area contributed by atoms with Crippen molar-refractivity contribution < 1.29 is 9.53 Å². The maximum Gasteiger partial charge on any atom is 0.239 e. The molecule has 3 rings (SSSR count). The van der Waals surface area contributed by atoms with E-state index in [-0.39, 0.29) is 11.2 Å². The molecule has 0 aliphatic carbocycles. The van der Waals surface area contributed by atoms with Crippen LogP contribution in [0.3, 0.4) is 0 Å². The van der Waals surface area contributed by atoms with Crippen LogP contribution >= 0.6 is 35.0 Å². The molecule has 1 fully saturated rings. The number of thioether (sulfide) groups is 1. The Morgan fingerprint density at radius 2 is 1.93 bits per heavy atom. The predicted molar refractivity (Wildman–Crippen MR) is 117 cm³/mol. The van der Waals surface area contributed by atoms with Crippen LogP contribution in [0.2, 0.25) is 10.0 Å². The highest BCUT2D eigenvalue weighted by atomic mass is 35.5. The van der Waals surface area contributed by atoms with E-state index in [4.69, 9.17) is 27.9 Å². The van der Waals surface area contributed by atoms with Crippen LogP contribution < -0.4 is 10.1 Å². The largest absolute Gasteiger partial charge is 0.493 e. The van der Waals surface area contributed by atoms with Crippen LogP contribution in [-0.4, -0.2) is 29.1 Å². The number of ether oxygens (including phenoxy) is 1. The van der Waals surface area contributed by atoms with E-state index in [2.05, 4.69) is 22.4 Å². The molecule has 0 radical (unpaired) electrons. The Bertz CT molecular complexity index is 898. The van der Waals surface area contributed by atoms with Crippen molar-refractivity contribution in [3.63, 3.8) is 0 Å². The van der Waals surface area contributed by atoms with Crippen molar-refractivity contribution in [2.45, 2.75) is 25.0 Å². The van der Waals surface area contributed by atoms with Crippen LogP contribution in [0.4, 0.5) is 0 Å². The number of benzene rings is 2. The standard InChI is InChI=1S/C20H19Cl2N3O2S/c1-2-10-27-17-9-4-3-6-13(17)12-23-25-20-24-19(26)18(28-20)11-14-15(21)7-5-8-16(14)22/h3-9,12,18H,2,10-11H2,1H3,(H,24,25,26)/b23-12+. The summed E-state index contributed by atoms with van der Waals surface area (Å²) in [7, 11) is 0. The number of para-hydroxylation sites is 1. The summed E-state index contributed by atoms with van der Waals surface area (Å²) >= 11 is 13.7. The minimum Gasteiger partial charge on any atom is -0.493 e. The topological polar surface area (TPSA) is 63.1 Å². The number of hydrogen-bond donors (Lipinski definition) is 1. The lowest BCUT2D eigenvalue weighted by Crippen LogP contribution is -2.26. The zero-order valence-electron chi connectivity index (χ0n) is 15.2. The van der Waals surface area contributed by atoms with Gasteiger partial charge in [0.25, 0.3) is 0 Å². The second-order valence-electron chi connectivity index (χ2n) is 6.04. The molecule has 0 aromatic heterocycles. The van der Waals surface area contributed by atoms with E-state index in [1.807, 2.05) is 24.3 Å². The van der Waals surface area contributed by atoms with Crippen molar-refractivity contribution in [2.75, 3.05) is 6.61 Å². The molecule has 2 aromatic carbocycles. The highest BCUT2D eigenvalue weighted by Gasteiger charge is 2.31. The summed E-state index contributed by atoms with van der Waals surface area (Å²) in [6.45, 7) is 2.69. The molecule has 2 aromatic rings. The second kappa shape index (κ2) is 9.96. The predicted octanol–water partition coefficient (Wildman–Crippen LogP) is 4.95. The maximum atomic E-state index is 12.2. The van der Waals surface area contributed by atoms with Crippen molar-refractivity contribution in [1.82, 2.24) is 5.32 Å². The third-order valence-corrected chi connectivity index (χ3v) is 5.73. The lowest BCUT2D eigenvalue weighted by Gasteiger charge is -2.09. The second-order valence-corrected chi connectivity index (χ2v) is 8.04. The summed E-state index contributed by atoms with van der Waals surface area (Å²) in [4.78, 5) is 12.2. The molecule has 0 bridgehead atoms. The van der Waals surface area contributed by atoms with E-state index < -0.39 is 0 Å². The van der Waals surface area contributed by atoms with Gasteiger partial charge in [-0.2, -0.15) is 5.10 Å². The van der Waals surface area contributed by atoms with Crippen molar-refractivity contribution in [3.05, 3.63) is 63.6 Å². The number of amidine groups is 1. The van der Waals surface area contributed by atoms with Crippen LogP contribution in [0, 0.1) is 0 Å². The van der Waals surface area contributed by atoms with Crippen molar-refractivity contribution in [2.24, 2.45) is 10.2 Å². The fourth-order valence-electron chi connectivity index (χ4n) is 2.57. The van der Waals surface area contributed by atoms with Gasteiger partial charge in [0, 0.05) is 15.6 Å². The molecule has 8 heteroatoms. The maximum absolute atomic E-state index is 12.2. The number of carbonyl (C=O) groups excluding carboxylic acids is 1. The quantitative estimate of drug-likeness (QED) is 0.494. The van der Waals surface area contributed by atoms with Crippen molar-refractivity contribution in [3.8, 4) is 5.75 Å². The Hall–Kier alpha value is -2.02. The first-order valence-corrected chi connectivity index (χ1v) is 10.4. The number of halogens is 2. The molecule has 1 unspecified atom stereocenters. The monoisotopic (exact) mass is 435 g/mol. The Morgan fingerprint density at radius 3 is 2.68 bits per heavy atom. The number of amides is 1. The highest BCUT2D eigenvalue weighted by Crippen LogP contribution is 2.30. The molecule has 146 valence electrons. The Morgan fingerprint density at radius 1 is 1.18 bits per heavy atom. The molecule has 0 spiro atoms. The zero-order valence-corrected chi connectivity index (χ0v) is 17.5. The van der Waals surface area contributed by atoms with Gasteiger partial charge in [0.1, 0.15) is 5.75 Å². The molecule has 1 aliphatic heterocycles. The third kappa shape index (κ3) is 5.28. The molecule has 1 saturated heterocycles. The molecule has 1 aliphatic rings. The van der Waals surface area contributed by atoms with Crippen LogP contribution in [0.1, 0.15) is 24.5 Å². The minimum atomic E-state index is -0.355. The number of hydrogen-bond acceptors (Lipinski definition) is 5. The Kier molecular flexibility index (Phi) is 7.36. The van der Waals surface area contributed by atoms with Gasteiger partial charge in [0.05, 0.1) is 18.1 Å². The molecule has 28 heavy (non-hydrogen) atoms. The smallest absolute Gasteiger partial charge is 0.239 e. The molecular formula is C20H19Cl2N3O2S. The van der Waals surface area contributed by atoms with Gasteiger partial charge < -0.3 is 10.1 Å². The summed E-state index contributed by atoms with van der Waals surface area (Å²) in [5.41, 5.74) is 1.58. The molecule has 1 N–H and O–H groups in total. The number of carbonyl (C=O) groups is 1. The van der Waals surface area contributed by atoms with E-state index in [0.29, 0.717) is 28.2 Å².